The molecule has 1 N–H and O–H groups in total. The Balaban J connectivity index is 1.60. The Bertz CT molecular complexity index is 510. The molecule has 10 atom stereocenters. The lowest BCUT2D eigenvalue weighted by Crippen LogP contribution is -2.60. The third-order valence-electron chi connectivity index (χ3n) is 7.77. The molecular formula is C15H17NO. The van der Waals surface area contributed by atoms with Gasteiger partial charge in [-0.2, -0.15) is 0 Å². The SMILES string of the molecule is C#CCNC12OC3C4C1[C@@H]1C[C@H]4C4C1C2C34C. The Labute approximate surface area is 101 Å². The van der Waals surface area contributed by atoms with Gasteiger partial charge in [0.15, 0.2) is 0 Å². The van der Waals surface area contributed by atoms with E-state index in [9.17, 15) is 0 Å². The normalized spacial score (nSPS) is 78.1. The van der Waals surface area contributed by atoms with E-state index in [0.717, 1.165) is 41.4 Å². The Morgan fingerprint density at radius 2 is 2.18 bits per heavy atom. The summed E-state index contributed by atoms with van der Waals surface area (Å²) < 4.78 is 6.55. The maximum atomic E-state index is 6.55. The predicted molar refractivity (Wildman–Crippen MR) is 61.6 cm³/mol. The summed E-state index contributed by atoms with van der Waals surface area (Å²) in [5.74, 6) is 9.23. The van der Waals surface area contributed by atoms with Crippen LogP contribution in [0.1, 0.15) is 13.3 Å². The molecule has 0 amide bonds. The molecule has 0 aromatic carbocycles. The van der Waals surface area contributed by atoms with E-state index in [0.29, 0.717) is 18.1 Å². The van der Waals surface area contributed by atoms with Crippen LogP contribution in [0.15, 0.2) is 0 Å². The van der Waals surface area contributed by atoms with Crippen LogP contribution < -0.4 is 5.32 Å². The van der Waals surface area contributed by atoms with Crippen LogP contribution >= 0.6 is 0 Å². The van der Waals surface area contributed by atoms with E-state index in [4.69, 9.17) is 11.2 Å². The average molecular weight is 227 g/mol. The van der Waals surface area contributed by atoms with Crippen LogP contribution in [-0.2, 0) is 4.74 Å². The number of ether oxygens (including phenoxy) is 1. The van der Waals surface area contributed by atoms with Gasteiger partial charge in [0.1, 0.15) is 5.72 Å². The fourth-order valence-electron chi connectivity index (χ4n) is 8.12. The lowest BCUT2D eigenvalue weighted by molar-refractivity contribution is -0.0805. The first kappa shape index (κ1) is 8.56. The second-order valence-electron chi connectivity index (χ2n) is 7.50. The highest BCUT2D eigenvalue weighted by Gasteiger charge is 2.96. The smallest absolute Gasteiger partial charge is 0.127 e. The lowest BCUT2D eigenvalue weighted by Gasteiger charge is -2.54. The van der Waals surface area contributed by atoms with Crippen molar-refractivity contribution < 1.29 is 4.74 Å². The molecule has 0 aromatic heterocycles. The van der Waals surface area contributed by atoms with E-state index >= 15 is 0 Å². The molecule has 8 unspecified atom stereocenters. The van der Waals surface area contributed by atoms with Gasteiger partial charge in [-0.1, -0.05) is 12.8 Å². The molecule has 7 rings (SSSR count). The van der Waals surface area contributed by atoms with Crippen molar-refractivity contribution in [2.24, 2.45) is 46.8 Å². The van der Waals surface area contributed by atoms with E-state index < -0.39 is 0 Å². The summed E-state index contributed by atoms with van der Waals surface area (Å²) in [5, 5.41) is 3.64. The molecular weight excluding hydrogens is 210 g/mol. The summed E-state index contributed by atoms with van der Waals surface area (Å²) in [6.45, 7) is 3.19. The van der Waals surface area contributed by atoms with Gasteiger partial charge in [0.05, 0.1) is 12.6 Å². The summed E-state index contributed by atoms with van der Waals surface area (Å²) in [5.41, 5.74) is 0.525. The molecule has 7 fully saturated rings. The first-order chi connectivity index (χ1) is 8.25. The van der Waals surface area contributed by atoms with Gasteiger partial charge in [-0.3, -0.25) is 5.32 Å². The highest BCUT2D eigenvalue weighted by Crippen LogP contribution is 2.93. The minimum Gasteiger partial charge on any atom is -0.356 e. The Morgan fingerprint density at radius 3 is 3.00 bits per heavy atom. The second-order valence-corrected chi connectivity index (χ2v) is 7.50. The van der Waals surface area contributed by atoms with Crippen LogP contribution in [0, 0.1) is 59.2 Å². The molecule has 0 radical (unpaired) electrons. The fourth-order valence-corrected chi connectivity index (χ4v) is 8.12. The van der Waals surface area contributed by atoms with Gasteiger partial charge in [-0.15, -0.1) is 6.42 Å². The fraction of sp³-hybridized carbons (Fsp3) is 0.867. The molecule has 5 saturated carbocycles. The number of hydrogen-bond acceptors (Lipinski definition) is 2. The van der Waals surface area contributed by atoms with Crippen molar-refractivity contribution in [3.8, 4) is 12.3 Å². The average Bonchev–Trinajstić information content (AvgIpc) is 2.94. The number of terminal acetylenes is 1. The molecule has 0 aromatic rings. The second kappa shape index (κ2) is 1.98. The molecule has 17 heavy (non-hydrogen) atoms. The van der Waals surface area contributed by atoms with Gasteiger partial charge >= 0.3 is 0 Å². The predicted octanol–water partition coefficient (Wildman–Crippen LogP) is 1.08. The van der Waals surface area contributed by atoms with Crippen molar-refractivity contribution in [3.05, 3.63) is 0 Å². The topological polar surface area (TPSA) is 21.3 Å². The molecule has 0 spiro atoms. The molecule has 7 aliphatic rings. The first-order valence-electron chi connectivity index (χ1n) is 7.11. The first-order valence-corrected chi connectivity index (χ1v) is 7.11. The van der Waals surface area contributed by atoms with E-state index in [1.165, 1.54) is 6.42 Å². The molecule has 4 bridgehead atoms. The Kier molecular flexibility index (Phi) is 0.997. The molecule has 88 valence electrons. The van der Waals surface area contributed by atoms with Crippen LogP contribution in [-0.4, -0.2) is 18.4 Å². The van der Waals surface area contributed by atoms with Gasteiger partial charge in [-0.25, -0.2) is 0 Å². The van der Waals surface area contributed by atoms with Crippen LogP contribution in [0.2, 0.25) is 0 Å². The van der Waals surface area contributed by atoms with E-state index in [2.05, 4.69) is 18.2 Å². The molecule has 2 heterocycles. The quantitative estimate of drug-likeness (QED) is 0.713. The van der Waals surface area contributed by atoms with E-state index in [-0.39, 0.29) is 5.72 Å². The summed E-state index contributed by atoms with van der Waals surface area (Å²) >= 11 is 0. The van der Waals surface area contributed by atoms with Crippen LogP contribution in [0.4, 0.5) is 0 Å². The van der Waals surface area contributed by atoms with Gasteiger partial charge in [0.2, 0.25) is 0 Å². The monoisotopic (exact) mass is 227 g/mol. The third-order valence-corrected chi connectivity index (χ3v) is 7.77. The van der Waals surface area contributed by atoms with Crippen LogP contribution in [0.3, 0.4) is 0 Å². The zero-order valence-electron chi connectivity index (χ0n) is 10.0. The van der Waals surface area contributed by atoms with E-state index in [1.807, 2.05) is 0 Å². The maximum Gasteiger partial charge on any atom is 0.127 e. The van der Waals surface area contributed by atoms with Crippen molar-refractivity contribution in [1.29, 1.82) is 0 Å². The zero-order valence-corrected chi connectivity index (χ0v) is 10.0. The number of rotatable bonds is 2. The highest BCUT2D eigenvalue weighted by atomic mass is 16.5. The number of hydrogen-bond donors (Lipinski definition) is 1. The van der Waals surface area contributed by atoms with E-state index in [1.54, 1.807) is 0 Å². The summed E-state index contributed by atoms with van der Waals surface area (Å²) in [7, 11) is 0. The standard InChI is InChI=1S/C15H17NO/c1-3-4-16-15-11-6-5-7-9(11)13(17-15)14(2)10(7)8(6)12(14)15/h1,6-13,16H,4-5H2,2H3/t6-,7-,8?,9?,10?,11?,12?,13?,14?,15?/m1/s1. The van der Waals surface area contributed by atoms with Crippen molar-refractivity contribution in [1.82, 2.24) is 5.32 Å². The number of nitrogens with one attached hydrogen (secondary N) is 1. The zero-order chi connectivity index (χ0) is 11.2. The third kappa shape index (κ3) is 0.494. The van der Waals surface area contributed by atoms with Gasteiger partial charge < -0.3 is 4.74 Å². The van der Waals surface area contributed by atoms with Gasteiger partial charge in [0.25, 0.3) is 0 Å². The van der Waals surface area contributed by atoms with Crippen molar-refractivity contribution in [2.75, 3.05) is 6.54 Å². The minimum absolute atomic E-state index is 0.00748. The van der Waals surface area contributed by atoms with Crippen molar-refractivity contribution >= 4 is 0 Å². The molecule has 2 nitrogen and oxygen atoms in total. The summed E-state index contributed by atoms with van der Waals surface area (Å²) in [4.78, 5) is 0. The lowest BCUT2D eigenvalue weighted by atomic mass is 9.49. The molecule has 2 saturated heterocycles. The Hall–Kier alpha value is -0.520. The Morgan fingerprint density at radius 1 is 1.35 bits per heavy atom. The summed E-state index contributed by atoms with van der Waals surface area (Å²) in [6, 6.07) is 0. The summed E-state index contributed by atoms with van der Waals surface area (Å²) in [6.07, 6.45) is 7.53. The van der Waals surface area contributed by atoms with Crippen molar-refractivity contribution in [3.63, 3.8) is 0 Å². The van der Waals surface area contributed by atoms with Crippen LogP contribution in [0.5, 0.6) is 0 Å². The van der Waals surface area contributed by atoms with Crippen molar-refractivity contribution in [2.45, 2.75) is 25.2 Å². The molecule has 5 aliphatic carbocycles. The maximum absolute atomic E-state index is 6.55. The molecule has 2 aliphatic heterocycles. The van der Waals surface area contributed by atoms with Crippen LogP contribution in [0.25, 0.3) is 0 Å². The van der Waals surface area contributed by atoms with Gasteiger partial charge in [-0.05, 0) is 36.0 Å². The van der Waals surface area contributed by atoms with Gasteiger partial charge in [0, 0.05) is 17.3 Å². The minimum atomic E-state index is 0.00748. The largest absolute Gasteiger partial charge is 0.356 e. The molecule has 2 heteroatoms. The highest BCUT2D eigenvalue weighted by molar-refractivity contribution is 5.42.